The third kappa shape index (κ3) is 44.4. The minimum Gasteiger partial charge on any atom is -0.454 e. The predicted molar refractivity (Wildman–Crippen MR) is 329 cm³/mol. The summed E-state index contributed by atoms with van der Waals surface area (Å²) in [6.07, 6.45) is 56.5. The van der Waals surface area contributed by atoms with E-state index in [2.05, 4.69) is 38.2 Å². The molecule has 0 radical (unpaired) electrons. The number of aliphatic hydroxyl groups is 5. The van der Waals surface area contributed by atoms with Gasteiger partial charge in [0.15, 0.2) is 12.4 Å². The minimum absolute atomic E-state index is 0.130. The van der Waals surface area contributed by atoms with Crippen LogP contribution in [0.15, 0.2) is 24.3 Å². The maximum absolute atomic E-state index is 13.5. The summed E-state index contributed by atoms with van der Waals surface area (Å²) >= 11 is 0. The molecular weight excluding hydrogens is 991 g/mol. The number of aliphatic hydroxyl groups excluding tert-OH is 5. The molecule has 0 spiro atoms. The zero-order valence-corrected chi connectivity index (χ0v) is 51.8. The van der Waals surface area contributed by atoms with Crippen molar-refractivity contribution >= 4 is 11.9 Å². The third-order valence-corrected chi connectivity index (χ3v) is 16.4. The van der Waals surface area contributed by atoms with E-state index >= 15 is 0 Å². The summed E-state index contributed by atoms with van der Waals surface area (Å²) in [5.41, 5.74) is 0. The zero-order valence-electron chi connectivity index (χ0n) is 51.8. The van der Waals surface area contributed by atoms with Crippen LogP contribution in [-0.2, 0) is 23.8 Å². The van der Waals surface area contributed by atoms with E-state index in [9.17, 15) is 35.1 Å². The molecule has 1 heterocycles. The largest absolute Gasteiger partial charge is 0.454 e. The summed E-state index contributed by atoms with van der Waals surface area (Å²) in [6.45, 7) is 5.83. The molecule has 8 unspecified atom stereocenters. The molecule has 11 heteroatoms. The number of carbonyl (C=O) groups excluding carboxylic acids is 2. The standard InChI is InChI=1S/C68H129NO10/c1-4-7-10-13-16-19-22-24-26-28-29-30-31-32-34-35-37-40-43-46-49-52-55-61(72)67(76)69-59(60(71)54-51-48-45-42-39-21-18-15-12-9-6-3)58-77-68-66(65(75)64(74)62(57-70)78-68)79-63(73)56-53-50-47-44-41-38-36-33-27-25-23-20-17-14-11-8-5-2/h24,26,51,54,59-62,64-66,68,70-72,74-75H,4-23,25,27-50,52-53,55-58H2,1-3H3,(H,69,76)/b26-24+,54-51+. The molecule has 0 aromatic rings. The molecule has 0 aromatic heterocycles. The fourth-order valence-corrected chi connectivity index (χ4v) is 10.9. The van der Waals surface area contributed by atoms with Gasteiger partial charge >= 0.3 is 5.97 Å². The number of esters is 1. The van der Waals surface area contributed by atoms with E-state index in [1.807, 2.05) is 6.08 Å². The van der Waals surface area contributed by atoms with Crippen LogP contribution < -0.4 is 5.32 Å². The van der Waals surface area contributed by atoms with Crippen molar-refractivity contribution in [1.29, 1.82) is 0 Å². The molecule has 1 aliphatic rings. The number of hydrogen-bond donors (Lipinski definition) is 6. The maximum atomic E-state index is 13.5. The lowest BCUT2D eigenvalue weighted by molar-refractivity contribution is -0.305. The molecule has 1 aliphatic heterocycles. The van der Waals surface area contributed by atoms with Crippen molar-refractivity contribution in [1.82, 2.24) is 5.32 Å². The zero-order chi connectivity index (χ0) is 57.5. The van der Waals surface area contributed by atoms with Crippen molar-refractivity contribution in [2.24, 2.45) is 0 Å². The van der Waals surface area contributed by atoms with Gasteiger partial charge in [0.2, 0.25) is 5.91 Å². The Morgan fingerprint density at radius 3 is 1.23 bits per heavy atom. The second kappa shape index (κ2) is 56.6. The Morgan fingerprint density at radius 1 is 0.481 bits per heavy atom. The van der Waals surface area contributed by atoms with Crippen molar-refractivity contribution in [3.63, 3.8) is 0 Å². The lowest BCUT2D eigenvalue weighted by atomic mass is 9.99. The Balaban J connectivity index is 2.58. The van der Waals surface area contributed by atoms with Crippen LogP contribution in [0.5, 0.6) is 0 Å². The first-order valence-electron chi connectivity index (χ1n) is 34.1. The number of nitrogens with one attached hydrogen (secondary N) is 1. The fourth-order valence-electron chi connectivity index (χ4n) is 10.9. The van der Waals surface area contributed by atoms with Crippen LogP contribution >= 0.6 is 0 Å². The van der Waals surface area contributed by atoms with Gasteiger partial charge in [-0.15, -0.1) is 0 Å². The summed E-state index contributed by atoms with van der Waals surface area (Å²) < 4.78 is 17.7. The molecule has 0 bridgehead atoms. The van der Waals surface area contributed by atoms with E-state index in [4.69, 9.17) is 14.2 Å². The summed E-state index contributed by atoms with van der Waals surface area (Å²) in [5.74, 6) is -1.18. The van der Waals surface area contributed by atoms with Crippen molar-refractivity contribution in [3.05, 3.63) is 24.3 Å². The lowest BCUT2D eigenvalue weighted by Gasteiger charge is -2.41. The summed E-state index contributed by atoms with van der Waals surface area (Å²) in [6, 6.07) is -1.02. The lowest BCUT2D eigenvalue weighted by Crippen LogP contribution is -2.61. The SMILES string of the molecule is CCCCCCCC/C=C/CCCCCCCCCCCCCCC(O)C(=O)NC(COC1OC(CO)C(O)C(O)C1OC(=O)CCCCCCCCCCCCCCCCCCC)C(O)/C=C/CCCCCCCCCCC. The number of ether oxygens (including phenoxy) is 3. The van der Waals surface area contributed by atoms with Gasteiger partial charge in [-0.05, 0) is 51.4 Å². The first kappa shape index (κ1) is 75.2. The second-order valence-electron chi connectivity index (χ2n) is 23.9. The smallest absolute Gasteiger partial charge is 0.306 e. The van der Waals surface area contributed by atoms with Gasteiger partial charge in [0, 0.05) is 6.42 Å². The Labute approximate surface area is 486 Å². The Morgan fingerprint density at radius 2 is 0.835 bits per heavy atom. The highest BCUT2D eigenvalue weighted by molar-refractivity contribution is 5.80. The summed E-state index contributed by atoms with van der Waals surface area (Å²) in [4.78, 5) is 26.6. The molecule has 1 saturated heterocycles. The molecule has 11 nitrogen and oxygen atoms in total. The van der Waals surface area contributed by atoms with Gasteiger partial charge in [0.1, 0.15) is 24.4 Å². The Bertz CT molecular complexity index is 1380. The number of carbonyl (C=O) groups is 2. The molecule has 6 N–H and O–H groups in total. The molecule has 1 amide bonds. The van der Waals surface area contributed by atoms with Crippen LogP contribution in [0.25, 0.3) is 0 Å². The van der Waals surface area contributed by atoms with Crippen LogP contribution in [0.3, 0.4) is 0 Å². The first-order valence-corrected chi connectivity index (χ1v) is 34.1. The summed E-state index contributed by atoms with van der Waals surface area (Å²) in [5, 5.41) is 57.1. The molecule has 1 rings (SSSR count). The van der Waals surface area contributed by atoms with Gasteiger partial charge in [-0.25, -0.2) is 0 Å². The molecule has 79 heavy (non-hydrogen) atoms. The Kier molecular flexibility index (Phi) is 53.9. The van der Waals surface area contributed by atoms with Gasteiger partial charge in [0.05, 0.1) is 25.4 Å². The van der Waals surface area contributed by atoms with Crippen LogP contribution in [0.4, 0.5) is 0 Å². The Hall–Kier alpha value is -1.86. The van der Waals surface area contributed by atoms with Gasteiger partial charge in [-0.2, -0.15) is 0 Å². The normalized spacial score (nSPS) is 18.9. The molecule has 8 atom stereocenters. The molecule has 466 valence electrons. The van der Waals surface area contributed by atoms with Gasteiger partial charge in [-0.3, -0.25) is 9.59 Å². The number of amides is 1. The second-order valence-corrected chi connectivity index (χ2v) is 23.9. The fraction of sp³-hybridized carbons (Fsp3) is 0.912. The van der Waals surface area contributed by atoms with Crippen LogP contribution in [0.1, 0.15) is 335 Å². The average molecular weight is 1120 g/mol. The quantitative estimate of drug-likeness (QED) is 0.0195. The molecule has 0 saturated carbocycles. The van der Waals surface area contributed by atoms with Gasteiger partial charge in [-0.1, -0.05) is 302 Å². The van der Waals surface area contributed by atoms with E-state index < -0.39 is 67.4 Å². The van der Waals surface area contributed by atoms with Crippen molar-refractivity contribution in [2.75, 3.05) is 13.2 Å². The highest BCUT2D eigenvalue weighted by atomic mass is 16.7. The monoisotopic (exact) mass is 1120 g/mol. The minimum atomic E-state index is -1.61. The van der Waals surface area contributed by atoms with Crippen molar-refractivity contribution in [3.8, 4) is 0 Å². The van der Waals surface area contributed by atoms with Crippen LogP contribution in [0.2, 0.25) is 0 Å². The molecule has 0 aromatic carbocycles. The average Bonchev–Trinajstić information content (AvgIpc) is 3.45. The number of rotatable bonds is 59. The number of allylic oxidation sites excluding steroid dienone is 3. The van der Waals surface area contributed by atoms with Crippen molar-refractivity contribution in [2.45, 2.75) is 384 Å². The highest BCUT2D eigenvalue weighted by Gasteiger charge is 2.47. The topological polar surface area (TPSA) is 175 Å². The van der Waals surface area contributed by atoms with Crippen LogP contribution in [-0.4, -0.2) is 99.6 Å². The van der Waals surface area contributed by atoms with E-state index in [-0.39, 0.29) is 13.0 Å². The third-order valence-electron chi connectivity index (χ3n) is 16.4. The van der Waals surface area contributed by atoms with Crippen LogP contribution in [0, 0.1) is 0 Å². The molecule has 0 aliphatic carbocycles. The molecule has 1 fully saturated rings. The van der Waals surface area contributed by atoms with E-state index in [1.54, 1.807) is 6.08 Å². The van der Waals surface area contributed by atoms with E-state index in [0.29, 0.717) is 19.3 Å². The highest BCUT2D eigenvalue weighted by Crippen LogP contribution is 2.26. The molecular formula is C68H129NO10. The van der Waals surface area contributed by atoms with Gasteiger partial charge in [0.25, 0.3) is 0 Å². The van der Waals surface area contributed by atoms with E-state index in [1.165, 1.54) is 231 Å². The van der Waals surface area contributed by atoms with Gasteiger partial charge < -0.3 is 45.1 Å². The van der Waals surface area contributed by atoms with E-state index in [0.717, 1.165) is 57.8 Å². The predicted octanol–water partition coefficient (Wildman–Crippen LogP) is 16.8. The number of hydrogen-bond acceptors (Lipinski definition) is 10. The first-order chi connectivity index (χ1) is 38.7. The maximum Gasteiger partial charge on any atom is 0.306 e. The number of unbranched alkanes of at least 4 members (excludes halogenated alkanes) is 43. The summed E-state index contributed by atoms with van der Waals surface area (Å²) in [7, 11) is 0. The van der Waals surface area contributed by atoms with Crippen molar-refractivity contribution < 1.29 is 49.3 Å².